The number of hydrogen-bond acceptors (Lipinski definition) is 1. The van der Waals surface area contributed by atoms with E-state index in [2.05, 4.69) is 20.8 Å². The molecule has 0 radical (unpaired) electrons. The molecule has 2 unspecified atom stereocenters. The molecule has 2 saturated heterocycles. The summed E-state index contributed by atoms with van der Waals surface area (Å²) < 4.78 is 1.18. The van der Waals surface area contributed by atoms with Crippen LogP contribution in [-0.4, -0.2) is 27.4 Å². The number of aliphatic carboxylic acids is 1. The fourth-order valence-electron chi connectivity index (χ4n) is 4.82. The minimum absolute atomic E-state index is 0.0770. The van der Waals surface area contributed by atoms with Crippen LogP contribution in [0.2, 0.25) is 0 Å². The quantitative estimate of drug-likeness (QED) is 0.690. The molecule has 0 amide bonds. The van der Waals surface area contributed by atoms with Crippen molar-refractivity contribution in [2.45, 2.75) is 51.6 Å². The number of hydrogen-bond donors (Lipinski definition) is 1. The lowest BCUT2D eigenvalue weighted by Crippen LogP contribution is -2.57. The average molecular weight is 222 g/mol. The second kappa shape index (κ2) is 2.34. The van der Waals surface area contributed by atoms with Crippen LogP contribution in [0.15, 0.2) is 0 Å². The van der Waals surface area contributed by atoms with Gasteiger partial charge in [-0.05, 0) is 11.8 Å². The topological polar surface area (TPSA) is 62.6 Å². The van der Waals surface area contributed by atoms with Crippen LogP contribution in [-0.2, 0) is 4.79 Å². The van der Waals surface area contributed by atoms with Gasteiger partial charge in [0, 0.05) is 18.8 Å². The van der Waals surface area contributed by atoms with Crippen molar-refractivity contribution >= 4 is 5.97 Å². The molecule has 4 heteroatoms. The molecular weight excluding hydrogens is 204 g/mol. The summed E-state index contributed by atoms with van der Waals surface area (Å²) in [4.78, 5) is 11.7. The number of piperidine rings is 1. The first kappa shape index (κ1) is 10.2. The Labute approximate surface area is 95.1 Å². The summed E-state index contributed by atoms with van der Waals surface area (Å²) in [7, 11) is 0. The second-order valence-electron chi connectivity index (χ2n) is 6.78. The molecule has 2 aliphatic heterocycles. The number of carboxylic acid groups (broad SMARTS) is 1. The predicted molar refractivity (Wildman–Crippen MR) is 57.0 cm³/mol. The molecule has 4 atom stereocenters. The summed E-state index contributed by atoms with van der Waals surface area (Å²) in [6.45, 7) is 6.32. The molecule has 4 rings (SSSR count). The molecule has 0 aromatic carbocycles. The first-order chi connectivity index (χ1) is 7.26. The highest BCUT2D eigenvalue weighted by Gasteiger charge is 2.85. The van der Waals surface area contributed by atoms with Crippen LogP contribution in [0.1, 0.15) is 40.0 Å². The molecule has 0 spiro atoms. The van der Waals surface area contributed by atoms with E-state index in [1.54, 1.807) is 0 Å². The average Bonchev–Trinajstić information content (AvgIpc) is 2.78. The maximum atomic E-state index is 11.7. The Kier molecular flexibility index (Phi) is 1.50. The fourth-order valence-corrected chi connectivity index (χ4v) is 4.82. The summed E-state index contributed by atoms with van der Waals surface area (Å²) in [6.07, 6.45) is 2.43. The largest absolute Gasteiger partial charge is 0.506 e. The maximum Gasteiger partial charge on any atom is 0.376 e. The van der Waals surface area contributed by atoms with Crippen molar-refractivity contribution < 1.29 is 14.6 Å². The van der Waals surface area contributed by atoms with Gasteiger partial charge in [-0.3, -0.25) is 0 Å². The highest BCUT2D eigenvalue weighted by molar-refractivity contribution is 5.80. The van der Waals surface area contributed by atoms with Gasteiger partial charge in [0.15, 0.2) is 0 Å². The van der Waals surface area contributed by atoms with E-state index in [0.29, 0.717) is 12.3 Å². The highest BCUT2D eigenvalue weighted by Crippen LogP contribution is 2.74. The van der Waals surface area contributed by atoms with Gasteiger partial charge in [-0.2, -0.15) is 0 Å². The van der Waals surface area contributed by atoms with E-state index in [1.165, 1.54) is 4.70 Å². The monoisotopic (exact) mass is 222 g/mol. The van der Waals surface area contributed by atoms with Gasteiger partial charge < -0.3 is 15.3 Å². The van der Waals surface area contributed by atoms with Crippen LogP contribution in [0.5, 0.6) is 0 Å². The SMILES string of the molecule is CC(C)(C)[C@]12CC3[C@H](CC1(C(=O)O)[N+]3=[N-])C2. The number of nitrogens with zero attached hydrogens (tertiary/aromatic N) is 2. The Morgan fingerprint density at radius 3 is 2.31 bits per heavy atom. The molecule has 4 aliphatic rings. The fraction of sp³-hybridized carbons (Fsp3) is 0.917. The van der Waals surface area contributed by atoms with Crippen molar-refractivity contribution in [3.63, 3.8) is 0 Å². The minimum Gasteiger partial charge on any atom is -0.506 e. The summed E-state index contributed by atoms with van der Waals surface area (Å²) >= 11 is 0. The lowest BCUT2D eigenvalue weighted by molar-refractivity contribution is -0.620. The molecule has 2 heterocycles. The number of carboxylic acids is 1. The Hall–Kier alpha value is -0.930. The van der Waals surface area contributed by atoms with Crippen LogP contribution in [0.4, 0.5) is 0 Å². The van der Waals surface area contributed by atoms with Gasteiger partial charge in [0.25, 0.3) is 5.54 Å². The zero-order valence-corrected chi connectivity index (χ0v) is 10.0. The summed E-state index contributed by atoms with van der Waals surface area (Å²) in [5, 5.41) is 9.58. The Bertz CT molecular complexity index is 412. The van der Waals surface area contributed by atoms with Crippen molar-refractivity contribution in [3.05, 3.63) is 5.53 Å². The van der Waals surface area contributed by atoms with Gasteiger partial charge in [-0.1, -0.05) is 20.8 Å². The molecule has 88 valence electrons. The van der Waals surface area contributed by atoms with Crippen LogP contribution in [0.25, 0.3) is 5.53 Å². The molecule has 0 aromatic rings. The van der Waals surface area contributed by atoms with E-state index in [1.807, 2.05) is 0 Å². The van der Waals surface area contributed by atoms with E-state index in [-0.39, 0.29) is 16.9 Å². The number of rotatable bonds is 1. The smallest absolute Gasteiger partial charge is 0.376 e. The number of carbonyl (C=O) groups is 1. The van der Waals surface area contributed by atoms with E-state index in [9.17, 15) is 15.4 Å². The summed E-state index contributed by atoms with van der Waals surface area (Å²) in [5.74, 6) is -0.465. The molecule has 2 saturated carbocycles. The van der Waals surface area contributed by atoms with Crippen molar-refractivity contribution in [2.75, 3.05) is 0 Å². The Morgan fingerprint density at radius 1 is 1.38 bits per heavy atom. The normalized spacial score (nSPS) is 49.3. The van der Waals surface area contributed by atoms with Gasteiger partial charge in [0.1, 0.15) is 6.04 Å². The van der Waals surface area contributed by atoms with Gasteiger partial charge in [-0.15, -0.1) is 0 Å². The molecule has 2 aliphatic carbocycles. The van der Waals surface area contributed by atoms with Gasteiger partial charge in [0.05, 0.1) is 5.41 Å². The van der Waals surface area contributed by atoms with Crippen molar-refractivity contribution in [2.24, 2.45) is 16.7 Å². The Balaban J connectivity index is 2.23. The minimum atomic E-state index is -1.01. The summed E-state index contributed by atoms with van der Waals surface area (Å²) in [5.41, 5.74) is 8.79. The Morgan fingerprint density at radius 2 is 2.00 bits per heavy atom. The highest BCUT2D eigenvalue weighted by atomic mass is 16.4. The molecule has 4 bridgehead atoms. The van der Waals surface area contributed by atoms with Gasteiger partial charge in [-0.25, -0.2) is 4.79 Å². The van der Waals surface area contributed by atoms with Crippen molar-refractivity contribution in [1.82, 2.24) is 0 Å². The maximum absolute atomic E-state index is 11.7. The van der Waals surface area contributed by atoms with Crippen molar-refractivity contribution in [3.8, 4) is 0 Å². The third-order valence-corrected chi connectivity index (χ3v) is 5.56. The second-order valence-corrected chi connectivity index (χ2v) is 6.78. The van der Waals surface area contributed by atoms with Crippen LogP contribution in [0, 0.1) is 16.7 Å². The van der Waals surface area contributed by atoms with Crippen molar-refractivity contribution in [1.29, 1.82) is 0 Å². The molecule has 4 nitrogen and oxygen atoms in total. The zero-order chi connectivity index (χ0) is 11.9. The van der Waals surface area contributed by atoms with Crippen LogP contribution < -0.4 is 0 Å². The van der Waals surface area contributed by atoms with Gasteiger partial charge in [0.2, 0.25) is 0 Å². The molecule has 4 fully saturated rings. The molecule has 1 N–H and O–H groups in total. The molecule has 16 heavy (non-hydrogen) atoms. The van der Waals surface area contributed by atoms with E-state index in [4.69, 9.17) is 0 Å². The third-order valence-electron chi connectivity index (χ3n) is 5.56. The van der Waals surface area contributed by atoms with E-state index >= 15 is 0 Å². The lowest BCUT2D eigenvalue weighted by atomic mass is 9.58. The summed E-state index contributed by atoms with van der Waals surface area (Å²) in [6, 6.07) is 0.0790. The van der Waals surface area contributed by atoms with E-state index < -0.39 is 11.5 Å². The standard InChI is InChI=1S/C12H18N2O2/c1-10(2,3)11-4-7-5-12(11,9(15)16)14(13)8(7)6-11/h7-8H,4-6H2,1-3H3,(H,15,16)/t7-,8?,11-,12?/m0/s1. The van der Waals surface area contributed by atoms with Crippen LogP contribution in [0.3, 0.4) is 0 Å². The first-order valence-corrected chi connectivity index (χ1v) is 5.98. The van der Waals surface area contributed by atoms with E-state index in [0.717, 1.165) is 12.8 Å². The molecular formula is C12H18N2O2. The van der Waals surface area contributed by atoms with Crippen LogP contribution >= 0.6 is 0 Å². The van der Waals surface area contributed by atoms with Gasteiger partial charge >= 0.3 is 5.97 Å². The zero-order valence-electron chi connectivity index (χ0n) is 10.0. The predicted octanol–water partition coefficient (Wildman–Crippen LogP) is 2.07. The first-order valence-electron chi connectivity index (χ1n) is 5.98. The third kappa shape index (κ3) is 0.702. The molecule has 0 aromatic heterocycles. The lowest BCUT2D eigenvalue weighted by Gasteiger charge is -2.43.